The van der Waals surface area contributed by atoms with E-state index in [-0.39, 0.29) is 6.61 Å². The van der Waals surface area contributed by atoms with E-state index in [1.54, 1.807) is 11.3 Å². The van der Waals surface area contributed by atoms with Gasteiger partial charge >= 0.3 is 0 Å². The summed E-state index contributed by atoms with van der Waals surface area (Å²) in [6, 6.07) is 2.05. The molecule has 0 radical (unpaired) electrons. The highest BCUT2D eigenvalue weighted by Gasteiger charge is 2.10. The first-order chi connectivity index (χ1) is 5.74. The molecule has 0 fully saturated rings. The van der Waals surface area contributed by atoms with Gasteiger partial charge in [0.2, 0.25) is 0 Å². The van der Waals surface area contributed by atoms with Gasteiger partial charge in [-0.05, 0) is 34.7 Å². The topological polar surface area (TPSA) is 40.5 Å². The van der Waals surface area contributed by atoms with E-state index in [0.717, 1.165) is 0 Å². The van der Waals surface area contributed by atoms with Crippen LogP contribution in [0.5, 0.6) is 0 Å². The molecule has 0 aliphatic carbocycles. The third kappa shape index (κ3) is 2.59. The standard InChI is InChI=1S/C9H14O2S/c1-7(4-9(11)5-10)8-2-3-12-6-8/h2-3,6-7,9-11H,4-5H2,1H3. The number of thiophene rings is 1. The fraction of sp³-hybridized carbons (Fsp3) is 0.556. The van der Waals surface area contributed by atoms with Gasteiger partial charge in [0.1, 0.15) is 0 Å². The molecule has 2 atom stereocenters. The van der Waals surface area contributed by atoms with E-state index in [9.17, 15) is 5.11 Å². The Hall–Kier alpha value is -0.380. The van der Waals surface area contributed by atoms with Crippen molar-refractivity contribution in [3.05, 3.63) is 22.4 Å². The molecule has 2 nitrogen and oxygen atoms in total. The SMILES string of the molecule is CC(CC(O)CO)c1ccsc1. The van der Waals surface area contributed by atoms with Gasteiger partial charge in [0.15, 0.2) is 0 Å². The minimum atomic E-state index is -0.583. The lowest BCUT2D eigenvalue weighted by Gasteiger charge is -2.12. The molecule has 2 N–H and O–H groups in total. The maximum atomic E-state index is 9.18. The molecule has 68 valence electrons. The average Bonchev–Trinajstić information content (AvgIpc) is 2.56. The van der Waals surface area contributed by atoms with Crippen LogP contribution in [0.4, 0.5) is 0 Å². The largest absolute Gasteiger partial charge is 0.394 e. The molecule has 0 aliphatic heterocycles. The molecular weight excluding hydrogens is 172 g/mol. The van der Waals surface area contributed by atoms with Crippen LogP contribution in [-0.4, -0.2) is 22.9 Å². The molecule has 3 heteroatoms. The monoisotopic (exact) mass is 186 g/mol. The molecule has 0 spiro atoms. The Morgan fingerprint density at radius 1 is 1.58 bits per heavy atom. The Morgan fingerprint density at radius 2 is 2.33 bits per heavy atom. The van der Waals surface area contributed by atoms with Gasteiger partial charge in [0, 0.05) is 0 Å². The van der Waals surface area contributed by atoms with Crippen LogP contribution in [0.2, 0.25) is 0 Å². The molecule has 1 heterocycles. The molecule has 0 aromatic carbocycles. The van der Waals surface area contributed by atoms with Crippen LogP contribution in [0.25, 0.3) is 0 Å². The van der Waals surface area contributed by atoms with Crippen LogP contribution in [0.1, 0.15) is 24.8 Å². The quantitative estimate of drug-likeness (QED) is 0.749. The van der Waals surface area contributed by atoms with Gasteiger partial charge in [-0.15, -0.1) is 0 Å². The van der Waals surface area contributed by atoms with Crippen LogP contribution >= 0.6 is 11.3 Å². The summed E-state index contributed by atoms with van der Waals surface area (Å²) in [7, 11) is 0. The number of aliphatic hydroxyl groups excluding tert-OH is 2. The highest BCUT2D eigenvalue weighted by molar-refractivity contribution is 7.07. The van der Waals surface area contributed by atoms with E-state index in [2.05, 4.69) is 18.4 Å². The van der Waals surface area contributed by atoms with Crippen LogP contribution in [-0.2, 0) is 0 Å². The van der Waals surface area contributed by atoms with Crippen molar-refractivity contribution in [1.29, 1.82) is 0 Å². The van der Waals surface area contributed by atoms with E-state index in [1.807, 2.05) is 5.38 Å². The van der Waals surface area contributed by atoms with Crippen molar-refractivity contribution in [2.75, 3.05) is 6.61 Å². The summed E-state index contributed by atoms with van der Waals surface area (Å²) < 4.78 is 0. The zero-order valence-electron chi connectivity index (χ0n) is 7.10. The fourth-order valence-electron chi connectivity index (χ4n) is 1.17. The van der Waals surface area contributed by atoms with Crippen molar-refractivity contribution in [3.8, 4) is 0 Å². The number of hydrogen-bond acceptors (Lipinski definition) is 3. The summed E-state index contributed by atoms with van der Waals surface area (Å²) in [5.74, 6) is 0.332. The average molecular weight is 186 g/mol. The second-order valence-corrected chi connectivity index (χ2v) is 3.81. The Balaban J connectivity index is 2.44. The smallest absolute Gasteiger partial charge is 0.0776 e. The molecule has 1 aromatic heterocycles. The number of aliphatic hydroxyl groups is 2. The van der Waals surface area contributed by atoms with Gasteiger partial charge in [-0.1, -0.05) is 6.92 Å². The molecule has 1 aromatic rings. The van der Waals surface area contributed by atoms with Crippen LogP contribution in [0, 0.1) is 0 Å². The highest BCUT2D eigenvalue weighted by atomic mass is 32.1. The zero-order chi connectivity index (χ0) is 8.97. The first-order valence-corrected chi connectivity index (χ1v) is 4.99. The van der Waals surface area contributed by atoms with Gasteiger partial charge in [0.05, 0.1) is 12.7 Å². The molecule has 0 bridgehead atoms. The van der Waals surface area contributed by atoms with Crippen LogP contribution < -0.4 is 0 Å². The van der Waals surface area contributed by atoms with Gasteiger partial charge in [-0.25, -0.2) is 0 Å². The molecule has 0 saturated heterocycles. The second-order valence-electron chi connectivity index (χ2n) is 3.03. The summed E-state index contributed by atoms with van der Waals surface area (Å²) in [6.07, 6.45) is 0.0487. The molecular formula is C9H14O2S. The Kier molecular flexibility index (Phi) is 3.72. The van der Waals surface area contributed by atoms with Crippen molar-refractivity contribution in [1.82, 2.24) is 0 Å². The summed E-state index contributed by atoms with van der Waals surface area (Å²) in [5, 5.41) is 21.9. The van der Waals surface area contributed by atoms with Crippen LogP contribution in [0.15, 0.2) is 16.8 Å². The third-order valence-corrected chi connectivity index (χ3v) is 2.65. The molecule has 12 heavy (non-hydrogen) atoms. The lowest BCUT2D eigenvalue weighted by atomic mass is 9.98. The first-order valence-electron chi connectivity index (χ1n) is 4.05. The maximum Gasteiger partial charge on any atom is 0.0776 e. The maximum absolute atomic E-state index is 9.18. The summed E-state index contributed by atoms with van der Waals surface area (Å²) in [6.45, 7) is 1.91. The van der Waals surface area contributed by atoms with E-state index < -0.39 is 6.10 Å². The molecule has 0 aliphatic rings. The fourth-order valence-corrected chi connectivity index (χ4v) is 1.96. The zero-order valence-corrected chi connectivity index (χ0v) is 7.92. The number of hydrogen-bond donors (Lipinski definition) is 2. The van der Waals surface area contributed by atoms with E-state index in [0.29, 0.717) is 12.3 Å². The summed E-state index contributed by atoms with van der Waals surface area (Å²) in [5.41, 5.74) is 1.24. The molecule has 0 amide bonds. The lowest BCUT2D eigenvalue weighted by Crippen LogP contribution is -2.14. The molecule has 2 unspecified atom stereocenters. The van der Waals surface area contributed by atoms with Crippen molar-refractivity contribution in [2.24, 2.45) is 0 Å². The van der Waals surface area contributed by atoms with Gasteiger partial charge in [-0.3, -0.25) is 0 Å². The first kappa shape index (κ1) is 9.71. The molecule has 1 rings (SSSR count). The normalized spacial score (nSPS) is 15.9. The summed E-state index contributed by atoms with van der Waals surface area (Å²) >= 11 is 1.66. The minimum Gasteiger partial charge on any atom is -0.394 e. The van der Waals surface area contributed by atoms with Crippen molar-refractivity contribution < 1.29 is 10.2 Å². The van der Waals surface area contributed by atoms with Crippen molar-refractivity contribution >= 4 is 11.3 Å². The van der Waals surface area contributed by atoms with Gasteiger partial charge < -0.3 is 10.2 Å². The number of rotatable bonds is 4. The Bertz CT molecular complexity index is 208. The van der Waals surface area contributed by atoms with E-state index in [4.69, 9.17) is 5.11 Å². The Labute approximate surface area is 76.5 Å². The predicted molar refractivity (Wildman–Crippen MR) is 50.4 cm³/mol. The van der Waals surface area contributed by atoms with E-state index >= 15 is 0 Å². The molecule has 0 saturated carbocycles. The second kappa shape index (κ2) is 4.60. The van der Waals surface area contributed by atoms with Gasteiger partial charge in [-0.2, -0.15) is 11.3 Å². The minimum absolute atomic E-state index is 0.144. The lowest BCUT2D eigenvalue weighted by molar-refractivity contribution is 0.0835. The summed E-state index contributed by atoms with van der Waals surface area (Å²) in [4.78, 5) is 0. The van der Waals surface area contributed by atoms with Crippen LogP contribution in [0.3, 0.4) is 0 Å². The predicted octanol–water partition coefficient (Wildman–Crippen LogP) is 1.59. The van der Waals surface area contributed by atoms with E-state index in [1.165, 1.54) is 5.56 Å². The highest BCUT2D eigenvalue weighted by Crippen LogP contribution is 2.22. The Morgan fingerprint density at radius 3 is 2.83 bits per heavy atom. The van der Waals surface area contributed by atoms with Gasteiger partial charge in [0.25, 0.3) is 0 Å². The third-order valence-electron chi connectivity index (χ3n) is 1.95. The van der Waals surface area contributed by atoms with Crippen molar-refractivity contribution in [2.45, 2.75) is 25.4 Å². The van der Waals surface area contributed by atoms with Crippen molar-refractivity contribution in [3.63, 3.8) is 0 Å².